The molecule has 0 N–H and O–H groups in total. The molecule has 1 aromatic heterocycles. The molecular weight excluding hydrogens is 254 g/mol. The van der Waals surface area contributed by atoms with Crippen LogP contribution in [0.25, 0.3) is 0 Å². The number of ether oxygens (including phenoxy) is 3. The Morgan fingerprint density at radius 2 is 2.06 bits per heavy atom. The van der Waals surface area contributed by atoms with Crippen molar-refractivity contribution in [1.29, 1.82) is 0 Å². The first-order valence-corrected chi connectivity index (χ1v) is 5.80. The fraction of sp³-hybridized carbons (Fsp3) is 0.154. The predicted molar refractivity (Wildman–Crippen MR) is 66.6 cm³/mol. The summed E-state index contributed by atoms with van der Waals surface area (Å²) in [4.78, 5) is 3.98. The SMILES string of the molecule is Cc1cnc(Cl)cc1Oc1ccc2c(c1)OCO2. The van der Waals surface area contributed by atoms with Crippen molar-refractivity contribution in [2.75, 3.05) is 6.79 Å². The smallest absolute Gasteiger partial charge is 0.231 e. The Kier molecular flexibility index (Phi) is 2.72. The Morgan fingerprint density at radius 3 is 2.94 bits per heavy atom. The summed E-state index contributed by atoms with van der Waals surface area (Å²) >= 11 is 5.84. The molecule has 0 fully saturated rings. The largest absolute Gasteiger partial charge is 0.457 e. The molecule has 0 radical (unpaired) electrons. The molecule has 0 saturated heterocycles. The second kappa shape index (κ2) is 4.38. The summed E-state index contributed by atoms with van der Waals surface area (Å²) in [6.07, 6.45) is 1.67. The summed E-state index contributed by atoms with van der Waals surface area (Å²) in [6.45, 7) is 2.16. The predicted octanol–water partition coefficient (Wildman–Crippen LogP) is 3.56. The first-order valence-electron chi connectivity index (χ1n) is 5.42. The van der Waals surface area contributed by atoms with Crippen LogP contribution in [-0.4, -0.2) is 11.8 Å². The number of benzene rings is 1. The van der Waals surface area contributed by atoms with E-state index in [9.17, 15) is 0 Å². The molecule has 3 rings (SSSR count). The minimum Gasteiger partial charge on any atom is -0.457 e. The van der Waals surface area contributed by atoms with E-state index in [1.165, 1.54) is 0 Å². The topological polar surface area (TPSA) is 40.6 Å². The van der Waals surface area contributed by atoms with E-state index in [1.54, 1.807) is 18.3 Å². The highest BCUT2D eigenvalue weighted by Gasteiger charge is 2.14. The number of pyridine rings is 1. The standard InChI is InChI=1S/C13H10ClNO3/c1-8-6-15-13(14)5-11(8)18-9-2-3-10-12(4-9)17-7-16-10/h2-6H,7H2,1H3. The van der Waals surface area contributed by atoms with Gasteiger partial charge < -0.3 is 14.2 Å². The molecular formula is C13H10ClNO3. The van der Waals surface area contributed by atoms with E-state index in [-0.39, 0.29) is 6.79 Å². The average molecular weight is 264 g/mol. The zero-order valence-electron chi connectivity index (χ0n) is 9.64. The van der Waals surface area contributed by atoms with Gasteiger partial charge in [0.25, 0.3) is 0 Å². The average Bonchev–Trinajstić information content (AvgIpc) is 2.81. The van der Waals surface area contributed by atoms with Crippen molar-refractivity contribution in [1.82, 2.24) is 4.98 Å². The molecule has 2 aromatic rings. The third-order valence-electron chi connectivity index (χ3n) is 2.59. The van der Waals surface area contributed by atoms with E-state index >= 15 is 0 Å². The third-order valence-corrected chi connectivity index (χ3v) is 2.80. The van der Waals surface area contributed by atoms with Gasteiger partial charge in [-0.05, 0) is 19.1 Å². The summed E-state index contributed by atoms with van der Waals surface area (Å²) in [5, 5.41) is 0.399. The van der Waals surface area contributed by atoms with Crippen molar-refractivity contribution >= 4 is 11.6 Å². The third kappa shape index (κ3) is 2.07. The molecule has 0 spiro atoms. The highest BCUT2D eigenvalue weighted by atomic mass is 35.5. The molecule has 18 heavy (non-hydrogen) atoms. The Morgan fingerprint density at radius 1 is 1.22 bits per heavy atom. The lowest BCUT2D eigenvalue weighted by atomic mass is 10.2. The highest BCUT2D eigenvalue weighted by molar-refractivity contribution is 6.29. The monoisotopic (exact) mass is 263 g/mol. The number of aryl methyl sites for hydroxylation is 1. The van der Waals surface area contributed by atoms with Crippen molar-refractivity contribution in [2.24, 2.45) is 0 Å². The summed E-state index contributed by atoms with van der Waals surface area (Å²) in [5.74, 6) is 2.76. The fourth-order valence-corrected chi connectivity index (χ4v) is 1.81. The van der Waals surface area contributed by atoms with E-state index in [4.69, 9.17) is 25.8 Å². The van der Waals surface area contributed by atoms with E-state index in [1.807, 2.05) is 19.1 Å². The molecule has 2 heterocycles. The maximum Gasteiger partial charge on any atom is 0.231 e. The minimum atomic E-state index is 0.249. The molecule has 1 aromatic carbocycles. The summed E-state index contributed by atoms with van der Waals surface area (Å²) in [6, 6.07) is 7.11. The van der Waals surface area contributed by atoms with Gasteiger partial charge in [-0.1, -0.05) is 11.6 Å². The number of nitrogens with zero attached hydrogens (tertiary/aromatic N) is 1. The van der Waals surface area contributed by atoms with Crippen molar-refractivity contribution in [3.63, 3.8) is 0 Å². The molecule has 1 aliphatic rings. The van der Waals surface area contributed by atoms with Crippen LogP contribution in [0.1, 0.15) is 5.56 Å². The maximum atomic E-state index is 5.84. The number of aromatic nitrogens is 1. The van der Waals surface area contributed by atoms with Crippen LogP contribution in [0.5, 0.6) is 23.0 Å². The van der Waals surface area contributed by atoms with Crippen molar-refractivity contribution in [2.45, 2.75) is 6.92 Å². The fourth-order valence-electron chi connectivity index (χ4n) is 1.66. The molecule has 0 amide bonds. The van der Waals surface area contributed by atoms with Gasteiger partial charge in [0.15, 0.2) is 11.5 Å². The molecule has 4 nitrogen and oxygen atoms in total. The van der Waals surface area contributed by atoms with Gasteiger partial charge in [0.05, 0.1) is 0 Å². The number of halogens is 1. The van der Waals surface area contributed by atoms with Crippen molar-refractivity contribution in [3.8, 4) is 23.0 Å². The minimum absolute atomic E-state index is 0.249. The molecule has 0 unspecified atom stereocenters. The Labute approximate surface area is 109 Å². The van der Waals surface area contributed by atoms with Gasteiger partial charge in [0.1, 0.15) is 16.7 Å². The molecule has 1 aliphatic heterocycles. The van der Waals surface area contributed by atoms with Gasteiger partial charge in [-0.2, -0.15) is 0 Å². The normalized spacial score (nSPS) is 12.6. The van der Waals surface area contributed by atoms with Crippen LogP contribution in [-0.2, 0) is 0 Å². The molecule has 5 heteroatoms. The molecule has 0 aliphatic carbocycles. The quantitative estimate of drug-likeness (QED) is 0.777. The van der Waals surface area contributed by atoms with Crippen molar-refractivity contribution < 1.29 is 14.2 Å². The van der Waals surface area contributed by atoms with Crippen LogP contribution in [0, 0.1) is 6.92 Å². The summed E-state index contributed by atoms with van der Waals surface area (Å²) in [7, 11) is 0. The number of hydrogen-bond acceptors (Lipinski definition) is 4. The lowest BCUT2D eigenvalue weighted by Gasteiger charge is -2.09. The van der Waals surface area contributed by atoms with Gasteiger partial charge in [-0.3, -0.25) is 0 Å². The molecule has 0 bridgehead atoms. The Balaban J connectivity index is 1.90. The van der Waals surface area contributed by atoms with Gasteiger partial charge in [-0.25, -0.2) is 4.98 Å². The van der Waals surface area contributed by atoms with Gasteiger partial charge in [0, 0.05) is 23.9 Å². The second-order valence-corrected chi connectivity index (χ2v) is 4.28. The van der Waals surface area contributed by atoms with Crippen LogP contribution in [0.4, 0.5) is 0 Å². The van der Waals surface area contributed by atoms with E-state index in [0.29, 0.717) is 22.4 Å². The molecule has 0 atom stereocenters. The van der Waals surface area contributed by atoms with Crippen LogP contribution >= 0.6 is 11.6 Å². The maximum absolute atomic E-state index is 5.84. The van der Waals surface area contributed by atoms with Crippen LogP contribution < -0.4 is 14.2 Å². The van der Waals surface area contributed by atoms with Crippen LogP contribution in [0.3, 0.4) is 0 Å². The van der Waals surface area contributed by atoms with E-state index in [2.05, 4.69) is 4.98 Å². The van der Waals surface area contributed by atoms with E-state index in [0.717, 1.165) is 11.3 Å². The second-order valence-electron chi connectivity index (χ2n) is 3.89. The first kappa shape index (κ1) is 11.2. The summed E-state index contributed by atoms with van der Waals surface area (Å²) < 4.78 is 16.3. The van der Waals surface area contributed by atoms with E-state index < -0.39 is 0 Å². The zero-order chi connectivity index (χ0) is 12.5. The highest BCUT2D eigenvalue weighted by Crippen LogP contribution is 2.37. The lowest BCUT2D eigenvalue weighted by molar-refractivity contribution is 0.174. The number of rotatable bonds is 2. The van der Waals surface area contributed by atoms with Gasteiger partial charge >= 0.3 is 0 Å². The zero-order valence-corrected chi connectivity index (χ0v) is 10.4. The van der Waals surface area contributed by atoms with Crippen molar-refractivity contribution in [3.05, 3.63) is 41.2 Å². The molecule has 0 saturated carbocycles. The van der Waals surface area contributed by atoms with Crippen LogP contribution in [0.2, 0.25) is 5.15 Å². The van der Waals surface area contributed by atoms with Gasteiger partial charge in [-0.15, -0.1) is 0 Å². The first-order chi connectivity index (χ1) is 8.72. The number of fused-ring (bicyclic) bond motifs is 1. The van der Waals surface area contributed by atoms with Crippen LogP contribution in [0.15, 0.2) is 30.5 Å². The summed E-state index contributed by atoms with van der Waals surface area (Å²) in [5.41, 5.74) is 0.914. The Bertz CT molecular complexity index is 601. The number of hydrogen-bond donors (Lipinski definition) is 0. The lowest BCUT2D eigenvalue weighted by Crippen LogP contribution is -1.93. The van der Waals surface area contributed by atoms with Gasteiger partial charge in [0.2, 0.25) is 6.79 Å². The Hall–Kier alpha value is -1.94. The molecule has 92 valence electrons.